The minimum Gasteiger partial charge on any atom is -0.478 e. The second kappa shape index (κ2) is 7.39. The second-order valence-electron chi connectivity index (χ2n) is 6.26. The van der Waals surface area contributed by atoms with E-state index in [2.05, 4.69) is 5.32 Å². The van der Waals surface area contributed by atoms with Crippen molar-refractivity contribution in [3.63, 3.8) is 0 Å². The van der Waals surface area contributed by atoms with Gasteiger partial charge in [-0.2, -0.15) is 0 Å². The maximum absolute atomic E-state index is 12.4. The molecule has 0 unspecified atom stereocenters. The molecule has 1 amide bonds. The topological polar surface area (TPSA) is 133 Å². The van der Waals surface area contributed by atoms with Crippen molar-refractivity contribution < 1.29 is 34.1 Å². The van der Waals surface area contributed by atoms with E-state index in [0.717, 1.165) is 23.8 Å². The van der Waals surface area contributed by atoms with E-state index >= 15 is 0 Å². The van der Waals surface area contributed by atoms with Gasteiger partial charge in [0.2, 0.25) is 5.91 Å². The molecule has 0 bridgehead atoms. The van der Waals surface area contributed by atoms with E-state index in [0.29, 0.717) is 11.4 Å². The van der Waals surface area contributed by atoms with Gasteiger partial charge in [0.1, 0.15) is 6.54 Å². The number of carbonyl (C=O) groups is 4. The van der Waals surface area contributed by atoms with Crippen molar-refractivity contribution in [2.45, 2.75) is 6.92 Å². The lowest BCUT2D eigenvalue weighted by Crippen LogP contribution is -2.41. The molecule has 1 heterocycles. The summed E-state index contributed by atoms with van der Waals surface area (Å²) in [7, 11) is 0. The predicted octanol–water partition coefficient (Wildman–Crippen LogP) is 1.76. The smallest absolute Gasteiger partial charge is 0.335 e. The van der Waals surface area contributed by atoms with Crippen molar-refractivity contribution in [2.75, 3.05) is 23.3 Å². The summed E-state index contributed by atoms with van der Waals surface area (Å²) in [4.78, 5) is 48.1. The van der Waals surface area contributed by atoms with E-state index < -0.39 is 23.8 Å². The van der Waals surface area contributed by atoms with Crippen molar-refractivity contribution in [3.05, 3.63) is 53.1 Å². The van der Waals surface area contributed by atoms with Gasteiger partial charge in [-0.25, -0.2) is 14.4 Å². The maximum atomic E-state index is 12.4. The fraction of sp³-hybridized carbons (Fsp3) is 0.158. The molecule has 9 heteroatoms. The highest BCUT2D eigenvalue weighted by molar-refractivity contribution is 6.00. The first-order chi connectivity index (χ1) is 13.2. The number of carboxylic acid groups (broad SMARTS) is 2. The highest BCUT2D eigenvalue weighted by atomic mass is 16.5. The number of nitrogens with one attached hydrogen (secondary N) is 1. The van der Waals surface area contributed by atoms with Gasteiger partial charge >= 0.3 is 17.9 Å². The molecule has 0 saturated carbocycles. The largest absolute Gasteiger partial charge is 0.478 e. The van der Waals surface area contributed by atoms with Crippen LogP contribution in [0.4, 0.5) is 11.4 Å². The molecule has 144 valence electrons. The number of anilines is 2. The first-order valence-electron chi connectivity index (χ1n) is 8.21. The Morgan fingerprint density at radius 2 is 1.71 bits per heavy atom. The molecule has 3 N–H and O–H groups in total. The molecule has 0 spiro atoms. The number of esters is 1. The summed E-state index contributed by atoms with van der Waals surface area (Å²) < 4.78 is 5.18. The van der Waals surface area contributed by atoms with Gasteiger partial charge in [0.25, 0.3) is 0 Å². The van der Waals surface area contributed by atoms with Gasteiger partial charge < -0.3 is 25.2 Å². The number of nitrogens with zero attached hydrogens (tertiary/aromatic N) is 1. The Morgan fingerprint density at radius 1 is 1.07 bits per heavy atom. The third-order valence-electron chi connectivity index (χ3n) is 4.04. The number of hydrogen-bond donors (Lipinski definition) is 3. The van der Waals surface area contributed by atoms with Gasteiger partial charge in [0.05, 0.1) is 23.4 Å². The Bertz CT molecular complexity index is 968. The third-order valence-corrected chi connectivity index (χ3v) is 4.04. The number of aromatic carboxylic acids is 2. The zero-order chi connectivity index (χ0) is 20.4. The standard InChI is InChI=1S/C19H16N2O7/c1-10-2-3-14-15(4-10)28-17(23)9-21(14)8-16(22)20-13-6-11(18(24)25)5-12(7-13)19(26)27/h2-7H,8-9H2,1H3,(H,20,22)(H,24,25)(H,26,27). The molecule has 0 aromatic heterocycles. The number of amides is 1. The molecule has 0 radical (unpaired) electrons. The SMILES string of the molecule is Cc1ccc2c(c1)OC(=O)CN2CC(=O)Nc1cc(C(=O)O)cc(C(=O)O)c1. The lowest BCUT2D eigenvalue weighted by atomic mass is 10.1. The summed E-state index contributed by atoms with van der Waals surface area (Å²) in [5.41, 5.74) is 0.969. The van der Waals surface area contributed by atoms with Crippen molar-refractivity contribution in [1.29, 1.82) is 0 Å². The van der Waals surface area contributed by atoms with Crippen LogP contribution in [0.1, 0.15) is 26.3 Å². The van der Waals surface area contributed by atoms with Crippen LogP contribution in [0.2, 0.25) is 0 Å². The van der Waals surface area contributed by atoms with Crippen LogP contribution in [0, 0.1) is 6.92 Å². The van der Waals surface area contributed by atoms with Crippen LogP contribution < -0.4 is 15.0 Å². The van der Waals surface area contributed by atoms with Crippen molar-refractivity contribution >= 4 is 35.2 Å². The summed E-state index contributed by atoms with van der Waals surface area (Å²) >= 11 is 0. The average molecular weight is 384 g/mol. The van der Waals surface area contributed by atoms with E-state index in [4.69, 9.17) is 14.9 Å². The molecular weight excluding hydrogens is 368 g/mol. The number of rotatable bonds is 5. The van der Waals surface area contributed by atoms with E-state index in [1.165, 1.54) is 4.90 Å². The van der Waals surface area contributed by atoms with Crippen LogP contribution in [0.15, 0.2) is 36.4 Å². The molecule has 2 aromatic carbocycles. The van der Waals surface area contributed by atoms with Crippen molar-refractivity contribution in [3.8, 4) is 5.75 Å². The molecule has 9 nitrogen and oxygen atoms in total. The number of aryl methyl sites for hydroxylation is 1. The fourth-order valence-corrected chi connectivity index (χ4v) is 2.82. The second-order valence-corrected chi connectivity index (χ2v) is 6.26. The Morgan fingerprint density at radius 3 is 2.32 bits per heavy atom. The number of carbonyl (C=O) groups excluding carboxylic acids is 2. The van der Waals surface area contributed by atoms with E-state index in [-0.39, 0.29) is 29.9 Å². The third kappa shape index (κ3) is 4.09. The first kappa shape index (κ1) is 18.9. The highest BCUT2D eigenvalue weighted by Gasteiger charge is 2.26. The van der Waals surface area contributed by atoms with Gasteiger partial charge in [-0.3, -0.25) is 4.79 Å². The Balaban J connectivity index is 1.81. The molecular formula is C19H16N2O7. The van der Waals surface area contributed by atoms with Crippen LogP contribution in [-0.2, 0) is 9.59 Å². The maximum Gasteiger partial charge on any atom is 0.335 e. The number of fused-ring (bicyclic) bond motifs is 1. The van der Waals surface area contributed by atoms with Crippen LogP contribution >= 0.6 is 0 Å². The first-order valence-corrected chi connectivity index (χ1v) is 8.21. The zero-order valence-electron chi connectivity index (χ0n) is 14.8. The molecule has 3 rings (SSSR count). The molecule has 2 aromatic rings. The molecule has 1 aliphatic rings. The van der Waals surface area contributed by atoms with E-state index in [1.54, 1.807) is 12.1 Å². The predicted molar refractivity (Wildman–Crippen MR) is 98.0 cm³/mol. The zero-order valence-corrected chi connectivity index (χ0v) is 14.8. The number of hydrogen-bond acceptors (Lipinski definition) is 6. The summed E-state index contributed by atoms with van der Waals surface area (Å²) in [5, 5.41) is 20.7. The lowest BCUT2D eigenvalue weighted by Gasteiger charge is -2.29. The molecule has 1 aliphatic heterocycles. The normalized spacial score (nSPS) is 12.8. The summed E-state index contributed by atoms with van der Waals surface area (Å²) in [5.74, 6) is -3.33. The Hall–Kier alpha value is -3.88. The number of ether oxygens (including phenoxy) is 1. The number of carboxylic acids is 2. The molecule has 0 aliphatic carbocycles. The molecule has 0 saturated heterocycles. The van der Waals surface area contributed by atoms with Gasteiger partial charge in [0, 0.05) is 5.69 Å². The fourth-order valence-electron chi connectivity index (χ4n) is 2.82. The van der Waals surface area contributed by atoms with E-state index in [1.807, 2.05) is 13.0 Å². The van der Waals surface area contributed by atoms with Crippen molar-refractivity contribution in [1.82, 2.24) is 0 Å². The van der Waals surface area contributed by atoms with E-state index in [9.17, 15) is 19.2 Å². The summed E-state index contributed by atoms with van der Waals surface area (Å²) in [6.45, 7) is 1.51. The van der Waals surface area contributed by atoms with Gasteiger partial charge in [-0.05, 0) is 42.8 Å². The quantitative estimate of drug-likeness (QED) is 0.524. The summed E-state index contributed by atoms with van der Waals surface area (Å²) in [6.07, 6.45) is 0. The molecule has 0 atom stereocenters. The highest BCUT2D eigenvalue weighted by Crippen LogP contribution is 2.32. The minimum atomic E-state index is -1.32. The van der Waals surface area contributed by atoms with Crippen molar-refractivity contribution in [2.24, 2.45) is 0 Å². The van der Waals surface area contributed by atoms with Crippen LogP contribution in [-0.4, -0.2) is 47.1 Å². The molecule has 0 fully saturated rings. The van der Waals surface area contributed by atoms with Crippen LogP contribution in [0.3, 0.4) is 0 Å². The lowest BCUT2D eigenvalue weighted by molar-refractivity contribution is -0.133. The van der Waals surface area contributed by atoms with Crippen LogP contribution in [0.25, 0.3) is 0 Å². The monoisotopic (exact) mass is 384 g/mol. The average Bonchev–Trinajstić information content (AvgIpc) is 2.60. The van der Waals surface area contributed by atoms with Gasteiger partial charge in [0.15, 0.2) is 5.75 Å². The summed E-state index contributed by atoms with van der Waals surface area (Å²) in [6, 6.07) is 8.56. The number of benzene rings is 2. The van der Waals surface area contributed by atoms with Gasteiger partial charge in [-0.1, -0.05) is 6.07 Å². The van der Waals surface area contributed by atoms with Crippen LogP contribution in [0.5, 0.6) is 5.75 Å². The molecule has 28 heavy (non-hydrogen) atoms. The Kier molecular flexibility index (Phi) is 4.99. The minimum absolute atomic E-state index is 0.0333. The Labute approximate surface area is 159 Å². The van der Waals surface area contributed by atoms with Gasteiger partial charge in [-0.15, -0.1) is 0 Å².